The molecule has 10 heteroatoms. The number of alkyl halides is 2. The van der Waals surface area contributed by atoms with E-state index in [1.807, 2.05) is 0 Å². The molecule has 0 fully saturated rings. The number of carboxylic acids is 1. The van der Waals surface area contributed by atoms with Crippen molar-refractivity contribution in [1.82, 2.24) is 4.98 Å². The maximum Gasteiger partial charge on any atom is 0.387 e. The minimum absolute atomic E-state index is 0.0311. The lowest BCUT2D eigenvalue weighted by Gasteiger charge is -2.15. The fourth-order valence-corrected chi connectivity index (χ4v) is 4.14. The minimum Gasteiger partial charge on any atom is -0.478 e. The zero-order valence-electron chi connectivity index (χ0n) is 16.7. The third-order valence-electron chi connectivity index (χ3n) is 4.79. The monoisotopic (exact) mass is 470 g/mol. The molecule has 0 radical (unpaired) electrons. The van der Waals surface area contributed by atoms with Crippen molar-refractivity contribution in [2.45, 2.75) is 6.61 Å². The molecule has 0 saturated carbocycles. The van der Waals surface area contributed by atoms with Gasteiger partial charge in [0.25, 0.3) is 0 Å². The smallest absolute Gasteiger partial charge is 0.387 e. The molecule has 0 atom stereocenters. The summed E-state index contributed by atoms with van der Waals surface area (Å²) in [4.78, 5) is 16.5. The SMILES string of the molecule is O=C(O)c1cc(-c2nc(-c3ccc(OC(F)F)cc3)cs2)ccc1-c1ccccc1N(O)O. The van der Waals surface area contributed by atoms with Crippen LogP contribution in [0, 0.1) is 0 Å². The Kier molecular flexibility index (Phi) is 6.31. The van der Waals surface area contributed by atoms with Crippen molar-refractivity contribution in [3.05, 3.63) is 77.7 Å². The first-order valence-electron chi connectivity index (χ1n) is 9.49. The Morgan fingerprint density at radius 2 is 1.67 bits per heavy atom. The van der Waals surface area contributed by atoms with Gasteiger partial charge in [-0.05, 0) is 42.0 Å². The van der Waals surface area contributed by atoms with Crippen LogP contribution in [0.15, 0.2) is 72.1 Å². The van der Waals surface area contributed by atoms with Crippen molar-refractivity contribution in [2.24, 2.45) is 0 Å². The molecule has 7 nitrogen and oxygen atoms in total. The summed E-state index contributed by atoms with van der Waals surface area (Å²) in [6.07, 6.45) is 0. The molecule has 0 spiro atoms. The predicted molar refractivity (Wildman–Crippen MR) is 118 cm³/mol. The van der Waals surface area contributed by atoms with Crippen LogP contribution in [0.4, 0.5) is 14.5 Å². The van der Waals surface area contributed by atoms with Crippen LogP contribution in [0.3, 0.4) is 0 Å². The number of benzene rings is 3. The van der Waals surface area contributed by atoms with Crippen LogP contribution in [0.2, 0.25) is 0 Å². The summed E-state index contributed by atoms with van der Waals surface area (Å²) in [5.74, 6) is -1.15. The van der Waals surface area contributed by atoms with Gasteiger partial charge < -0.3 is 9.84 Å². The Morgan fingerprint density at radius 3 is 2.33 bits per heavy atom. The summed E-state index contributed by atoms with van der Waals surface area (Å²) in [5.41, 5.74) is 2.48. The maximum atomic E-state index is 12.3. The van der Waals surface area contributed by atoms with Gasteiger partial charge in [0.15, 0.2) is 0 Å². The molecule has 0 amide bonds. The lowest BCUT2D eigenvalue weighted by Crippen LogP contribution is -2.12. The van der Waals surface area contributed by atoms with E-state index in [0.29, 0.717) is 33.0 Å². The molecule has 168 valence electrons. The lowest BCUT2D eigenvalue weighted by molar-refractivity contribution is -0.0498. The van der Waals surface area contributed by atoms with E-state index in [0.717, 1.165) is 0 Å². The minimum atomic E-state index is -2.90. The van der Waals surface area contributed by atoms with E-state index >= 15 is 0 Å². The number of thiazole rings is 1. The molecular formula is C23H16F2N2O5S. The molecule has 0 saturated heterocycles. The second-order valence-corrected chi connectivity index (χ2v) is 7.67. The van der Waals surface area contributed by atoms with Gasteiger partial charge in [-0.25, -0.2) is 9.78 Å². The van der Waals surface area contributed by atoms with Crippen LogP contribution < -0.4 is 9.96 Å². The van der Waals surface area contributed by atoms with Gasteiger partial charge in [0.1, 0.15) is 16.4 Å². The number of ether oxygens (including phenoxy) is 1. The van der Waals surface area contributed by atoms with Crippen molar-refractivity contribution in [1.29, 1.82) is 0 Å². The van der Waals surface area contributed by atoms with E-state index in [9.17, 15) is 29.1 Å². The lowest BCUT2D eigenvalue weighted by atomic mass is 9.96. The number of aromatic carboxylic acids is 1. The topological polar surface area (TPSA) is 103 Å². The molecule has 1 heterocycles. The average molecular weight is 470 g/mol. The van der Waals surface area contributed by atoms with E-state index in [4.69, 9.17) is 0 Å². The van der Waals surface area contributed by atoms with Crippen molar-refractivity contribution < 1.29 is 33.8 Å². The van der Waals surface area contributed by atoms with Crippen LogP contribution in [-0.4, -0.2) is 33.1 Å². The summed E-state index contributed by atoms with van der Waals surface area (Å²) in [7, 11) is 0. The van der Waals surface area contributed by atoms with Crippen molar-refractivity contribution >= 4 is 23.0 Å². The van der Waals surface area contributed by atoms with E-state index < -0.39 is 12.6 Å². The van der Waals surface area contributed by atoms with Crippen molar-refractivity contribution in [2.75, 3.05) is 5.23 Å². The molecule has 3 N–H and O–H groups in total. The number of nitrogens with zero attached hydrogens (tertiary/aromatic N) is 2. The molecule has 0 bridgehead atoms. The fraction of sp³-hybridized carbons (Fsp3) is 0.0435. The number of rotatable bonds is 7. The van der Waals surface area contributed by atoms with Crippen LogP contribution >= 0.6 is 11.3 Å². The molecule has 1 aromatic heterocycles. The first-order valence-corrected chi connectivity index (χ1v) is 10.4. The number of carboxylic acid groups (broad SMARTS) is 1. The van der Waals surface area contributed by atoms with Crippen LogP contribution in [0.1, 0.15) is 10.4 Å². The van der Waals surface area contributed by atoms with Gasteiger partial charge in [-0.15, -0.1) is 16.6 Å². The zero-order valence-corrected chi connectivity index (χ0v) is 17.5. The van der Waals surface area contributed by atoms with Gasteiger partial charge in [-0.1, -0.05) is 30.3 Å². The maximum absolute atomic E-state index is 12.3. The summed E-state index contributed by atoms with van der Waals surface area (Å²) in [6.45, 7) is -2.90. The largest absolute Gasteiger partial charge is 0.478 e. The predicted octanol–water partition coefficient (Wildman–Crippen LogP) is 6.03. The normalized spacial score (nSPS) is 10.9. The third kappa shape index (κ3) is 4.82. The first-order chi connectivity index (χ1) is 15.8. The molecular weight excluding hydrogens is 454 g/mol. The Hall–Kier alpha value is -3.86. The highest BCUT2D eigenvalue weighted by molar-refractivity contribution is 7.13. The number of para-hydroxylation sites is 1. The molecule has 0 aliphatic carbocycles. The quantitative estimate of drug-likeness (QED) is 0.284. The second kappa shape index (κ2) is 9.33. The van der Waals surface area contributed by atoms with E-state index in [1.54, 1.807) is 47.8 Å². The van der Waals surface area contributed by atoms with E-state index in [1.165, 1.54) is 35.6 Å². The summed E-state index contributed by atoms with van der Waals surface area (Å²) in [5, 5.41) is 31.0. The summed E-state index contributed by atoms with van der Waals surface area (Å²) < 4.78 is 29.0. The Bertz CT molecular complexity index is 1290. The van der Waals surface area contributed by atoms with Gasteiger partial charge in [0.05, 0.1) is 11.3 Å². The summed E-state index contributed by atoms with van der Waals surface area (Å²) in [6, 6.07) is 17.1. The molecule has 0 aliphatic rings. The number of carbonyl (C=O) groups is 1. The summed E-state index contributed by atoms with van der Waals surface area (Å²) >= 11 is 1.30. The van der Waals surface area contributed by atoms with Gasteiger partial charge in [0, 0.05) is 22.1 Å². The van der Waals surface area contributed by atoms with Gasteiger partial charge >= 0.3 is 12.6 Å². The Labute approximate surface area is 190 Å². The number of hydrogen-bond acceptors (Lipinski definition) is 7. The number of halogens is 2. The Balaban J connectivity index is 1.68. The number of aromatic nitrogens is 1. The molecule has 4 aromatic rings. The van der Waals surface area contributed by atoms with Crippen molar-refractivity contribution in [3.8, 4) is 38.7 Å². The van der Waals surface area contributed by atoms with Crippen molar-refractivity contribution in [3.63, 3.8) is 0 Å². The second-order valence-electron chi connectivity index (χ2n) is 6.81. The van der Waals surface area contributed by atoms with Gasteiger partial charge in [-0.3, -0.25) is 10.4 Å². The number of hydrogen-bond donors (Lipinski definition) is 3. The average Bonchev–Trinajstić information content (AvgIpc) is 3.29. The molecule has 4 rings (SSSR count). The van der Waals surface area contributed by atoms with Crippen LogP contribution in [-0.2, 0) is 0 Å². The highest BCUT2D eigenvalue weighted by Gasteiger charge is 2.18. The third-order valence-corrected chi connectivity index (χ3v) is 5.68. The standard InChI is InChI=1S/C23H16F2N2O5S/c24-23(25)32-15-8-5-13(6-9-15)19-12-33-21(26-19)14-7-10-16(18(11-14)22(28)29)17-3-1-2-4-20(17)27(30)31/h1-12,23,30-31H,(H,28,29). The van der Waals surface area contributed by atoms with E-state index in [-0.39, 0.29) is 22.2 Å². The Morgan fingerprint density at radius 1 is 0.970 bits per heavy atom. The molecule has 33 heavy (non-hydrogen) atoms. The highest BCUT2D eigenvalue weighted by Crippen LogP contribution is 2.36. The first kappa shape index (κ1) is 22.3. The molecule has 0 unspecified atom stereocenters. The van der Waals surface area contributed by atoms with Crippen LogP contribution in [0.25, 0.3) is 33.0 Å². The highest BCUT2D eigenvalue weighted by atomic mass is 32.1. The molecule has 3 aromatic carbocycles. The van der Waals surface area contributed by atoms with Gasteiger partial charge in [0.2, 0.25) is 0 Å². The zero-order chi connectivity index (χ0) is 23.5. The van der Waals surface area contributed by atoms with Crippen LogP contribution in [0.5, 0.6) is 5.75 Å². The van der Waals surface area contributed by atoms with Gasteiger partial charge in [-0.2, -0.15) is 8.78 Å². The fourth-order valence-electron chi connectivity index (χ4n) is 3.31. The molecule has 0 aliphatic heterocycles. The number of anilines is 1. The van der Waals surface area contributed by atoms with E-state index in [2.05, 4.69) is 9.72 Å².